The summed E-state index contributed by atoms with van der Waals surface area (Å²) >= 11 is 6.11. The number of hydrogen-bond acceptors (Lipinski definition) is 6. The molecule has 2 amide bonds. The van der Waals surface area contributed by atoms with Crippen LogP contribution in [0.4, 0.5) is 0 Å². The summed E-state index contributed by atoms with van der Waals surface area (Å²) in [5.74, 6) is 0.144. The van der Waals surface area contributed by atoms with Crippen LogP contribution in [0.5, 0.6) is 11.5 Å². The van der Waals surface area contributed by atoms with Crippen LogP contribution in [-0.2, 0) is 20.9 Å². The average molecular weight is 543 g/mol. The highest BCUT2D eigenvalue weighted by atomic mass is 35.5. The van der Waals surface area contributed by atoms with Crippen molar-refractivity contribution in [2.75, 3.05) is 26.8 Å². The average Bonchev–Trinajstić information content (AvgIpc) is 3.51. The maximum absolute atomic E-state index is 11.8. The quantitative estimate of drug-likeness (QED) is 0.379. The molecule has 4 rings (SSSR count). The number of likely N-dealkylation sites (tertiary alicyclic amines) is 1. The lowest BCUT2D eigenvalue weighted by Crippen LogP contribution is -2.33. The SMILES string of the molecule is COc1cc(CN(C[C@H]2CC[C@H](C(=O)O)C2)C(C)c2ccc(Cl)cc2)ccc1OCCN1C(=O)CCC1=O. The summed E-state index contributed by atoms with van der Waals surface area (Å²) in [4.78, 5) is 38.8. The van der Waals surface area contributed by atoms with Gasteiger partial charge in [0.15, 0.2) is 11.5 Å². The zero-order chi connectivity index (χ0) is 27.2. The predicted molar refractivity (Wildman–Crippen MR) is 143 cm³/mol. The minimum Gasteiger partial charge on any atom is -0.493 e. The van der Waals surface area contributed by atoms with E-state index in [1.165, 1.54) is 4.90 Å². The molecule has 2 aromatic rings. The van der Waals surface area contributed by atoms with E-state index in [0.29, 0.717) is 35.4 Å². The summed E-state index contributed by atoms with van der Waals surface area (Å²) in [7, 11) is 1.58. The van der Waals surface area contributed by atoms with Crippen molar-refractivity contribution in [2.45, 2.75) is 51.6 Å². The van der Waals surface area contributed by atoms with Gasteiger partial charge in [0.25, 0.3) is 0 Å². The third-order valence-electron chi connectivity index (χ3n) is 7.62. The molecule has 0 radical (unpaired) electrons. The molecular formula is C29H35ClN2O6. The number of ether oxygens (including phenoxy) is 2. The largest absolute Gasteiger partial charge is 0.493 e. The summed E-state index contributed by atoms with van der Waals surface area (Å²) in [5.41, 5.74) is 2.17. The summed E-state index contributed by atoms with van der Waals surface area (Å²) < 4.78 is 11.5. The number of halogens is 1. The highest BCUT2D eigenvalue weighted by Gasteiger charge is 2.32. The summed E-state index contributed by atoms with van der Waals surface area (Å²) in [6.07, 6.45) is 2.84. The first-order valence-electron chi connectivity index (χ1n) is 13.1. The normalized spacial score (nSPS) is 20.3. The number of carboxylic acids is 1. The van der Waals surface area contributed by atoms with Gasteiger partial charge in [0.05, 0.1) is 19.6 Å². The maximum atomic E-state index is 11.8. The molecule has 2 fully saturated rings. The number of rotatable bonds is 12. The first-order valence-corrected chi connectivity index (χ1v) is 13.5. The summed E-state index contributed by atoms with van der Waals surface area (Å²) in [5, 5.41) is 10.1. The molecule has 1 saturated carbocycles. The molecule has 204 valence electrons. The highest BCUT2D eigenvalue weighted by molar-refractivity contribution is 6.30. The Morgan fingerprint density at radius 2 is 1.82 bits per heavy atom. The molecule has 1 N–H and O–H groups in total. The molecule has 0 aromatic heterocycles. The van der Waals surface area contributed by atoms with Crippen LogP contribution < -0.4 is 9.47 Å². The predicted octanol–water partition coefficient (Wildman–Crippen LogP) is 4.94. The molecule has 2 aliphatic rings. The van der Waals surface area contributed by atoms with Crippen molar-refractivity contribution in [1.82, 2.24) is 9.80 Å². The molecule has 0 bridgehead atoms. The van der Waals surface area contributed by atoms with Gasteiger partial charge in [0.1, 0.15) is 6.61 Å². The summed E-state index contributed by atoms with van der Waals surface area (Å²) in [6.45, 7) is 3.99. The van der Waals surface area contributed by atoms with Crippen molar-refractivity contribution < 1.29 is 29.0 Å². The Balaban J connectivity index is 1.46. The number of carboxylic acid groups (broad SMARTS) is 1. The zero-order valence-electron chi connectivity index (χ0n) is 21.9. The van der Waals surface area contributed by atoms with E-state index in [4.69, 9.17) is 21.1 Å². The van der Waals surface area contributed by atoms with Crippen LogP contribution in [0.15, 0.2) is 42.5 Å². The van der Waals surface area contributed by atoms with Gasteiger partial charge in [-0.1, -0.05) is 29.8 Å². The number of nitrogens with zero attached hydrogens (tertiary/aromatic N) is 2. The van der Waals surface area contributed by atoms with Crippen LogP contribution in [0.3, 0.4) is 0 Å². The molecule has 9 heteroatoms. The standard InChI is InChI=1S/C29H35ClN2O6/c1-19(22-6-8-24(30)9-7-22)31(17-20-3-5-23(15-20)29(35)36)18-21-4-10-25(26(16-21)37-2)38-14-13-32-27(33)11-12-28(32)34/h4,6-10,16,19-20,23H,3,5,11-15,17-18H2,1-2H3,(H,35,36)/t19?,20-,23-/m0/s1. The molecular weight excluding hydrogens is 508 g/mol. The molecule has 1 unspecified atom stereocenters. The number of benzene rings is 2. The number of methoxy groups -OCH3 is 1. The first kappa shape index (κ1) is 27.9. The van der Waals surface area contributed by atoms with Crippen LogP contribution in [0, 0.1) is 11.8 Å². The van der Waals surface area contributed by atoms with Gasteiger partial charge in [-0.25, -0.2) is 0 Å². The highest BCUT2D eigenvalue weighted by Crippen LogP contribution is 2.35. The van der Waals surface area contributed by atoms with E-state index in [0.717, 1.165) is 30.5 Å². The van der Waals surface area contributed by atoms with Gasteiger partial charge >= 0.3 is 5.97 Å². The lowest BCUT2D eigenvalue weighted by molar-refractivity contribution is -0.142. The van der Waals surface area contributed by atoms with E-state index in [2.05, 4.69) is 11.8 Å². The van der Waals surface area contributed by atoms with Crippen LogP contribution in [0.2, 0.25) is 5.02 Å². The van der Waals surface area contributed by atoms with E-state index in [1.807, 2.05) is 42.5 Å². The van der Waals surface area contributed by atoms with Crippen LogP contribution in [0.1, 0.15) is 56.2 Å². The van der Waals surface area contributed by atoms with Crippen molar-refractivity contribution in [3.05, 3.63) is 58.6 Å². The van der Waals surface area contributed by atoms with Gasteiger partial charge in [0, 0.05) is 37.0 Å². The molecule has 1 heterocycles. The van der Waals surface area contributed by atoms with Gasteiger partial charge in [-0.3, -0.25) is 24.2 Å². The van der Waals surface area contributed by atoms with Crippen molar-refractivity contribution >= 4 is 29.4 Å². The fourth-order valence-electron chi connectivity index (χ4n) is 5.39. The molecule has 1 aliphatic carbocycles. The number of carbonyl (C=O) groups excluding carboxylic acids is 2. The molecule has 3 atom stereocenters. The monoisotopic (exact) mass is 542 g/mol. The van der Waals surface area contributed by atoms with Gasteiger partial charge in [-0.05, 0) is 67.5 Å². The molecule has 8 nitrogen and oxygen atoms in total. The Labute approximate surface area is 228 Å². The van der Waals surface area contributed by atoms with Gasteiger partial charge in [0.2, 0.25) is 11.8 Å². The smallest absolute Gasteiger partial charge is 0.306 e. The van der Waals surface area contributed by atoms with Crippen LogP contribution in [0.25, 0.3) is 0 Å². The lowest BCUT2D eigenvalue weighted by atomic mass is 10.0. The van der Waals surface area contributed by atoms with Crippen LogP contribution >= 0.6 is 11.6 Å². The van der Waals surface area contributed by atoms with Gasteiger partial charge in [-0.15, -0.1) is 0 Å². The minimum atomic E-state index is -0.705. The summed E-state index contributed by atoms with van der Waals surface area (Å²) in [6, 6.07) is 13.7. The van der Waals surface area contributed by atoms with E-state index < -0.39 is 5.97 Å². The van der Waals surface area contributed by atoms with E-state index >= 15 is 0 Å². The Kier molecular flexibility index (Phi) is 9.28. The lowest BCUT2D eigenvalue weighted by Gasteiger charge is -2.32. The Morgan fingerprint density at radius 1 is 1.11 bits per heavy atom. The molecule has 0 spiro atoms. The second-order valence-corrected chi connectivity index (χ2v) is 10.6. The Morgan fingerprint density at radius 3 is 2.45 bits per heavy atom. The van der Waals surface area contributed by atoms with Gasteiger partial charge < -0.3 is 14.6 Å². The molecule has 2 aromatic carbocycles. The number of amides is 2. The van der Waals surface area contributed by atoms with Gasteiger partial charge in [-0.2, -0.15) is 0 Å². The van der Waals surface area contributed by atoms with Crippen molar-refractivity contribution in [3.63, 3.8) is 0 Å². The third-order valence-corrected chi connectivity index (χ3v) is 7.88. The first-order chi connectivity index (χ1) is 18.2. The number of aliphatic carboxylic acids is 1. The Hall–Kier alpha value is -3.10. The van der Waals surface area contributed by atoms with Crippen LogP contribution in [-0.4, -0.2) is 59.5 Å². The second-order valence-electron chi connectivity index (χ2n) is 10.1. The topological polar surface area (TPSA) is 96.4 Å². The Bertz CT molecular complexity index is 1140. The van der Waals surface area contributed by atoms with Crippen molar-refractivity contribution in [1.29, 1.82) is 0 Å². The molecule has 38 heavy (non-hydrogen) atoms. The minimum absolute atomic E-state index is 0.0913. The zero-order valence-corrected chi connectivity index (χ0v) is 22.7. The fourth-order valence-corrected chi connectivity index (χ4v) is 5.52. The molecule has 1 saturated heterocycles. The van der Waals surface area contributed by atoms with E-state index in [-0.39, 0.29) is 49.8 Å². The maximum Gasteiger partial charge on any atom is 0.306 e. The number of carbonyl (C=O) groups is 3. The number of imide groups is 1. The van der Waals surface area contributed by atoms with Crippen molar-refractivity contribution in [3.8, 4) is 11.5 Å². The van der Waals surface area contributed by atoms with Crippen molar-refractivity contribution in [2.24, 2.45) is 11.8 Å². The molecule has 1 aliphatic heterocycles. The number of hydrogen-bond donors (Lipinski definition) is 1. The third kappa shape index (κ3) is 6.85. The second kappa shape index (κ2) is 12.6. The van der Waals surface area contributed by atoms with E-state index in [9.17, 15) is 19.5 Å². The van der Waals surface area contributed by atoms with E-state index in [1.54, 1.807) is 7.11 Å². The fraction of sp³-hybridized carbons (Fsp3) is 0.483.